The monoisotopic (exact) mass is 384 g/mol. The van der Waals surface area contributed by atoms with Crippen LogP contribution in [-0.4, -0.2) is 82.2 Å². The Kier molecular flexibility index (Phi) is 6.29. The predicted octanol–water partition coefficient (Wildman–Crippen LogP) is -0.204. The summed E-state index contributed by atoms with van der Waals surface area (Å²) in [6.07, 6.45) is 1.27. The summed E-state index contributed by atoms with van der Waals surface area (Å²) < 4.78 is 24.4. The number of para-hydroxylation sites is 2. The Bertz CT molecular complexity index is 841. The maximum Gasteiger partial charge on any atom is 0.414 e. The molecule has 1 aromatic heterocycles. The molecule has 1 aliphatic rings. The highest BCUT2D eigenvalue weighted by Gasteiger charge is 2.23. The number of hydrogen-bond donors (Lipinski definition) is 3. The summed E-state index contributed by atoms with van der Waals surface area (Å²) in [4.78, 5) is 28.3. The summed E-state index contributed by atoms with van der Waals surface area (Å²) >= 11 is 0. The molecule has 0 atom stereocenters. The number of nitrogens with one attached hydrogen (secondary N) is 1. The first-order valence-corrected chi connectivity index (χ1v) is 9.59. The Morgan fingerprint density at radius 2 is 1.69 bits per heavy atom. The van der Waals surface area contributed by atoms with E-state index in [1.165, 1.54) is 10.6 Å². The molecule has 0 amide bonds. The largest absolute Gasteiger partial charge is 0.473 e. The second-order valence-corrected chi connectivity index (χ2v) is 7.73. The fourth-order valence-corrected chi connectivity index (χ4v) is 3.34. The highest BCUT2D eigenvalue weighted by molar-refractivity contribution is 7.88. The lowest BCUT2D eigenvalue weighted by molar-refractivity contribution is -0.159. The maximum absolute atomic E-state index is 11.5. The van der Waals surface area contributed by atoms with Gasteiger partial charge < -0.3 is 15.2 Å². The van der Waals surface area contributed by atoms with Crippen LogP contribution in [0.3, 0.4) is 0 Å². The number of imidazole rings is 1. The molecular formula is C15H20N4O6S. The zero-order valence-corrected chi connectivity index (χ0v) is 14.9. The Labute approximate surface area is 150 Å². The fraction of sp³-hybridized carbons (Fsp3) is 0.400. The van der Waals surface area contributed by atoms with Crippen LogP contribution in [0.5, 0.6) is 0 Å². The highest BCUT2D eigenvalue weighted by Crippen LogP contribution is 2.13. The number of nitrogens with zero attached hydrogens (tertiary/aromatic N) is 3. The molecular weight excluding hydrogens is 364 g/mol. The zero-order valence-electron chi connectivity index (χ0n) is 14.1. The number of carboxylic acids is 2. The molecule has 3 N–H and O–H groups in total. The number of carbonyl (C=O) groups is 2. The molecule has 0 bridgehead atoms. The van der Waals surface area contributed by atoms with Crippen molar-refractivity contribution in [3.8, 4) is 0 Å². The van der Waals surface area contributed by atoms with Gasteiger partial charge in [-0.1, -0.05) is 12.1 Å². The van der Waals surface area contributed by atoms with Crippen LogP contribution in [0.25, 0.3) is 11.0 Å². The van der Waals surface area contributed by atoms with Gasteiger partial charge in [0.1, 0.15) is 5.82 Å². The average Bonchev–Trinajstić information content (AvgIpc) is 2.97. The topological polar surface area (TPSA) is 144 Å². The summed E-state index contributed by atoms with van der Waals surface area (Å²) in [6, 6.07) is 7.94. The number of benzene rings is 1. The molecule has 0 aliphatic carbocycles. The molecule has 1 aliphatic heterocycles. The van der Waals surface area contributed by atoms with Gasteiger partial charge in [-0.25, -0.2) is 23.0 Å². The minimum Gasteiger partial charge on any atom is -0.473 e. The van der Waals surface area contributed by atoms with Gasteiger partial charge in [0.2, 0.25) is 10.0 Å². The van der Waals surface area contributed by atoms with Crippen molar-refractivity contribution in [3.05, 3.63) is 30.1 Å². The van der Waals surface area contributed by atoms with Crippen LogP contribution in [0.1, 0.15) is 5.82 Å². The van der Waals surface area contributed by atoms with Crippen molar-refractivity contribution < 1.29 is 28.2 Å². The van der Waals surface area contributed by atoms with E-state index in [1.807, 2.05) is 24.3 Å². The smallest absolute Gasteiger partial charge is 0.414 e. The molecule has 142 valence electrons. The second-order valence-electron chi connectivity index (χ2n) is 5.75. The minimum absolute atomic E-state index is 0.555. The standard InChI is InChI=1S/C13H18N4O2S.C2H2O4/c1-20(18,19)17-8-6-16(7-9-17)10-13-14-11-4-2-3-5-12(11)15-13;3-1(4)2(5)6/h2-5H,6-10H2,1H3,(H,14,15);(H,3,4)(H,5,6). The van der Waals surface area contributed by atoms with Crippen LogP contribution in [-0.2, 0) is 26.2 Å². The van der Waals surface area contributed by atoms with Gasteiger partial charge in [-0.05, 0) is 12.1 Å². The van der Waals surface area contributed by atoms with E-state index in [0.29, 0.717) is 13.1 Å². The zero-order chi connectivity index (χ0) is 19.3. The van der Waals surface area contributed by atoms with E-state index in [-0.39, 0.29) is 0 Å². The van der Waals surface area contributed by atoms with E-state index in [0.717, 1.165) is 36.5 Å². The number of carboxylic acid groups (broad SMARTS) is 2. The van der Waals surface area contributed by atoms with E-state index in [9.17, 15) is 8.42 Å². The van der Waals surface area contributed by atoms with Crippen molar-refractivity contribution in [2.75, 3.05) is 32.4 Å². The molecule has 2 heterocycles. The molecule has 3 rings (SSSR count). The predicted molar refractivity (Wildman–Crippen MR) is 93.1 cm³/mol. The SMILES string of the molecule is CS(=O)(=O)N1CCN(Cc2nc3ccccc3[nH]2)CC1.O=C(O)C(=O)O. The number of fused-ring (bicyclic) bond motifs is 1. The third kappa shape index (κ3) is 5.51. The van der Waals surface area contributed by atoms with Crippen LogP contribution in [0.2, 0.25) is 0 Å². The van der Waals surface area contributed by atoms with Crippen molar-refractivity contribution in [1.82, 2.24) is 19.2 Å². The van der Waals surface area contributed by atoms with Gasteiger partial charge in [0.05, 0.1) is 23.8 Å². The number of aromatic amines is 1. The van der Waals surface area contributed by atoms with E-state index >= 15 is 0 Å². The van der Waals surface area contributed by atoms with Crippen molar-refractivity contribution in [2.45, 2.75) is 6.54 Å². The van der Waals surface area contributed by atoms with Gasteiger partial charge in [0.15, 0.2) is 0 Å². The van der Waals surface area contributed by atoms with Crippen molar-refractivity contribution in [3.63, 3.8) is 0 Å². The molecule has 0 radical (unpaired) electrons. The minimum atomic E-state index is -3.06. The average molecular weight is 384 g/mol. The third-order valence-electron chi connectivity index (χ3n) is 3.80. The molecule has 2 aromatic rings. The van der Waals surface area contributed by atoms with E-state index in [1.54, 1.807) is 0 Å². The molecule has 11 heteroatoms. The lowest BCUT2D eigenvalue weighted by Crippen LogP contribution is -2.47. The molecule has 1 fully saturated rings. The van der Waals surface area contributed by atoms with Crippen molar-refractivity contribution in [2.24, 2.45) is 0 Å². The number of piperazine rings is 1. The van der Waals surface area contributed by atoms with E-state index in [2.05, 4.69) is 14.9 Å². The van der Waals surface area contributed by atoms with Gasteiger partial charge in [0.25, 0.3) is 0 Å². The Hall–Kier alpha value is -2.50. The Morgan fingerprint density at radius 1 is 1.12 bits per heavy atom. The van der Waals surface area contributed by atoms with Crippen LogP contribution in [0.15, 0.2) is 24.3 Å². The number of sulfonamides is 1. The molecule has 10 nitrogen and oxygen atoms in total. The van der Waals surface area contributed by atoms with Crippen molar-refractivity contribution >= 4 is 33.0 Å². The highest BCUT2D eigenvalue weighted by atomic mass is 32.2. The Balaban J connectivity index is 0.000000352. The molecule has 26 heavy (non-hydrogen) atoms. The number of aromatic nitrogens is 2. The lowest BCUT2D eigenvalue weighted by Gasteiger charge is -2.32. The summed E-state index contributed by atoms with van der Waals surface area (Å²) in [5, 5.41) is 14.8. The molecule has 1 saturated heterocycles. The molecule has 0 unspecified atom stereocenters. The van der Waals surface area contributed by atoms with Gasteiger partial charge in [-0.15, -0.1) is 0 Å². The fourth-order valence-electron chi connectivity index (χ4n) is 2.51. The van der Waals surface area contributed by atoms with E-state index < -0.39 is 22.0 Å². The van der Waals surface area contributed by atoms with Gasteiger partial charge >= 0.3 is 11.9 Å². The summed E-state index contributed by atoms with van der Waals surface area (Å²) in [6.45, 7) is 3.32. The van der Waals surface area contributed by atoms with Crippen molar-refractivity contribution in [1.29, 1.82) is 0 Å². The van der Waals surface area contributed by atoms with Crippen LogP contribution >= 0.6 is 0 Å². The third-order valence-corrected chi connectivity index (χ3v) is 5.10. The summed E-state index contributed by atoms with van der Waals surface area (Å²) in [7, 11) is -3.06. The van der Waals surface area contributed by atoms with Crippen LogP contribution < -0.4 is 0 Å². The normalized spacial score (nSPS) is 16.0. The summed E-state index contributed by atoms with van der Waals surface area (Å²) in [5.74, 6) is -2.72. The molecule has 0 spiro atoms. The first-order valence-electron chi connectivity index (χ1n) is 7.74. The first kappa shape index (κ1) is 19.8. The van der Waals surface area contributed by atoms with Gasteiger partial charge in [-0.3, -0.25) is 4.90 Å². The lowest BCUT2D eigenvalue weighted by atomic mass is 10.3. The number of hydrogen-bond acceptors (Lipinski definition) is 6. The molecule has 0 saturated carbocycles. The van der Waals surface area contributed by atoms with Gasteiger partial charge in [-0.2, -0.15) is 4.31 Å². The van der Waals surface area contributed by atoms with E-state index in [4.69, 9.17) is 19.8 Å². The Morgan fingerprint density at radius 3 is 2.19 bits per heavy atom. The quantitative estimate of drug-likeness (QED) is 0.617. The van der Waals surface area contributed by atoms with Gasteiger partial charge in [0, 0.05) is 26.2 Å². The van der Waals surface area contributed by atoms with Crippen LogP contribution in [0, 0.1) is 0 Å². The second kappa shape index (κ2) is 8.25. The summed E-state index contributed by atoms with van der Waals surface area (Å²) in [5.41, 5.74) is 2.01. The first-order chi connectivity index (χ1) is 12.2. The number of rotatable bonds is 3. The maximum atomic E-state index is 11.5. The number of aliphatic carboxylic acids is 2. The molecule has 1 aromatic carbocycles. The number of H-pyrrole nitrogens is 1. The van der Waals surface area contributed by atoms with Crippen LogP contribution in [0.4, 0.5) is 0 Å².